The van der Waals surface area contributed by atoms with Gasteiger partial charge in [-0.05, 0) is 48.9 Å². The van der Waals surface area contributed by atoms with Gasteiger partial charge < -0.3 is 19.5 Å². The van der Waals surface area contributed by atoms with Crippen LogP contribution in [0.25, 0.3) is 0 Å². The second kappa shape index (κ2) is 8.35. The molecule has 27 heavy (non-hydrogen) atoms. The smallest absolute Gasteiger partial charge is 0.310 e. The number of carbonyl (C=O) groups excluding carboxylic acids is 3. The van der Waals surface area contributed by atoms with Crippen LogP contribution in [0.4, 0.5) is 5.69 Å². The SMILES string of the molecule is CC(=O)c1ccc(NC(=O)COC(=O)Cc2ccc3c(c2)OCCO3)cc1. The molecule has 1 heterocycles. The van der Waals surface area contributed by atoms with E-state index in [1.807, 2.05) is 0 Å². The minimum atomic E-state index is -0.520. The molecule has 0 spiro atoms. The van der Waals surface area contributed by atoms with Gasteiger partial charge in [0.15, 0.2) is 23.9 Å². The third-order valence-electron chi connectivity index (χ3n) is 3.89. The van der Waals surface area contributed by atoms with Crippen molar-refractivity contribution < 1.29 is 28.6 Å². The summed E-state index contributed by atoms with van der Waals surface area (Å²) in [6.45, 7) is 2.04. The maximum atomic E-state index is 11.9. The summed E-state index contributed by atoms with van der Waals surface area (Å²) in [6, 6.07) is 11.7. The summed E-state index contributed by atoms with van der Waals surface area (Å²) >= 11 is 0. The van der Waals surface area contributed by atoms with Gasteiger partial charge in [-0.25, -0.2) is 0 Å². The molecular weight excluding hydrogens is 350 g/mol. The van der Waals surface area contributed by atoms with Gasteiger partial charge in [0.25, 0.3) is 5.91 Å². The molecule has 0 saturated heterocycles. The highest BCUT2D eigenvalue weighted by Crippen LogP contribution is 2.30. The lowest BCUT2D eigenvalue weighted by Crippen LogP contribution is -2.21. The summed E-state index contributed by atoms with van der Waals surface area (Å²) in [4.78, 5) is 35.1. The summed E-state index contributed by atoms with van der Waals surface area (Å²) in [5, 5.41) is 2.60. The third kappa shape index (κ3) is 5.07. The van der Waals surface area contributed by atoms with Crippen molar-refractivity contribution in [1.29, 1.82) is 0 Å². The van der Waals surface area contributed by atoms with E-state index in [-0.39, 0.29) is 12.2 Å². The van der Waals surface area contributed by atoms with Crippen LogP contribution in [0, 0.1) is 0 Å². The van der Waals surface area contributed by atoms with E-state index < -0.39 is 18.5 Å². The van der Waals surface area contributed by atoms with Crippen LogP contribution in [-0.4, -0.2) is 37.5 Å². The van der Waals surface area contributed by atoms with E-state index in [1.54, 1.807) is 42.5 Å². The second-order valence-electron chi connectivity index (χ2n) is 6.00. The van der Waals surface area contributed by atoms with Gasteiger partial charge in [0.05, 0.1) is 6.42 Å². The zero-order valence-electron chi connectivity index (χ0n) is 14.8. The summed E-state index contributed by atoms with van der Waals surface area (Å²) in [6.07, 6.45) is 0.0250. The Morgan fingerprint density at radius 1 is 1.00 bits per heavy atom. The summed E-state index contributed by atoms with van der Waals surface area (Å²) in [5.41, 5.74) is 1.79. The van der Waals surface area contributed by atoms with E-state index in [0.29, 0.717) is 41.5 Å². The van der Waals surface area contributed by atoms with Crippen LogP contribution in [0.15, 0.2) is 42.5 Å². The summed E-state index contributed by atoms with van der Waals surface area (Å²) < 4.78 is 15.9. The maximum Gasteiger partial charge on any atom is 0.310 e. The number of carbonyl (C=O) groups is 3. The van der Waals surface area contributed by atoms with E-state index in [4.69, 9.17) is 14.2 Å². The monoisotopic (exact) mass is 369 g/mol. The third-order valence-corrected chi connectivity index (χ3v) is 3.89. The Kier molecular flexibility index (Phi) is 5.71. The number of Topliss-reactive ketones (excluding diaryl/α,β-unsaturated/α-hetero) is 1. The fraction of sp³-hybridized carbons (Fsp3) is 0.250. The predicted octanol–water partition coefficient (Wildman–Crippen LogP) is 2.38. The Balaban J connectivity index is 1.47. The summed E-state index contributed by atoms with van der Waals surface area (Å²) in [5.74, 6) is 0.211. The van der Waals surface area contributed by atoms with Crippen molar-refractivity contribution in [2.45, 2.75) is 13.3 Å². The number of fused-ring (bicyclic) bond motifs is 1. The molecule has 1 aliphatic heterocycles. The quantitative estimate of drug-likeness (QED) is 0.621. The van der Waals surface area contributed by atoms with Crippen LogP contribution in [-0.2, 0) is 20.7 Å². The number of hydrogen-bond donors (Lipinski definition) is 1. The van der Waals surface area contributed by atoms with Crippen LogP contribution in [0.5, 0.6) is 11.5 Å². The second-order valence-corrected chi connectivity index (χ2v) is 6.00. The maximum absolute atomic E-state index is 11.9. The Morgan fingerprint density at radius 2 is 1.70 bits per heavy atom. The molecule has 2 aromatic rings. The van der Waals surface area contributed by atoms with Gasteiger partial charge in [-0.3, -0.25) is 14.4 Å². The van der Waals surface area contributed by atoms with Gasteiger partial charge in [-0.1, -0.05) is 6.07 Å². The first-order valence-corrected chi connectivity index (χ1v) is 8.46. The highest BCUT2D eigenvalue weighted by Gasteiger charge is 2.14. The van der Waals surface area contributed by atoms with Gasteiger partial charge >= 0.3 is 5.97 Å². The van der Waals surface area contributed by atoms with Gasteiger partial charge in [-0.2, -0.15) is 0 Å². The van der Waals surface area contributed by atoms with Crippen molar-refractivity contribution in [2.75, 3.05) is 25.1 Å². The van der Waals surface area contributed by atoms with Crippen molar-refractivity contribution in [1.82, 2.24) is 0 Å². The van der Waals surface area contributed by atoms with E-state index in [1.165, 1.54) is 6.92 Å². The molecule has 0 fully saturated rings. The summed E-state index contributed by atoms with van der Waals surface area (Å²) in [7, 11) is 0. The standard InChI is InChI=1S/C20H19NO6/c1-13(22)15-3-5-16(6-4-15)21-19(23)12-27-20(24)11-14-2-7-17-18(10-14)26-9-8-25-17/h2-7,10H,8-9,11-12H2,1H3,(H,21,23). The minimum Gasteiger partial charge on any atom is -0.486 e. The van der Waals surface area contributed by atoms with Gasteiger partial charge in [0.1, 0.15) is 13.2 Å². The van der Waals surface area contributed by atoms with Crippen LogP contribution in [0.3, 0.4) is 0 Å². The molecular formula is C20H19NO6. The number of anilines is 1. The Morgan fingerprint density at radius 3 is 2.41 bits per heavy atom. The fourth-order valence-corrected chi connectivity index (χ4v) is 2.55. The lowest BCUT2D eigenvalue weighted by Gasteiger charge is -2.18. The number of hydrogen-bond acceptors (Lipinski definition) is 6. The fourth-order valence-electron chi connectivity index (χ4n) is 2.55. The highest BCUT2D eigenvalue weighted by atomic mass is 16.6. The lowest BCUT2D eigenvalue weighted by atomic mass is 10.1. The molecule has 0 atom stereocenters. The average Bonchev–Trinajstić information content (AvgIpc) is 2.67. The molecule has 1 amide bonds. The van der Waals surface area contributed by atoms with Crippen LogP contribution in [0.1, 0.15) is 22.8 Å². The van der Waals surface area contributed by atoms with Gasteiger partial charge in [0, 0.05) is 11.3 Å². The molecule has 1 N–H and O–H groups in total. The van der Waals surface area contributed by atoms with Crippen molar-refractivity contribution in [3.8, 4) is 11.5 Å². The average molecular weight is 369 g/mol. The molecule has 3 rings (SSSR count). The molecule has 140 valence electrons. The number of nitrogens with one attached hydrogen (secondary N) is 1. The number of amides is 1. The van der Waals surface area contributed by atoms with Crippen molar-refractivity contribution >= 4 is 23.3 Å². The molecule has 0 aromatic heterocycles. The normalized spacial score (nSPS) is 12.2. The number of rotatable bonds is 6. The lowest BCUT2D eigenvalue weighted by molar-refractivity contribution is -0.146. The zero-order chi connectivity index (χ0) is 19.2. The molecule has 1 aliphatic rings. The first-order chi connectivity index (χ1) is 13.0. The molecule has 0 radical (unpaired) electrons. The molecule has 0 bridgehead atoms. The van der Waals surface area contributed by atoms with Crippen LogP contribution in [0.2, 0.25) is 0 Å². The molecule has 0 unspecified atom stereocenters. The Hall–Kier alpha value is -3.35. The minimum absolute atomic E-state index is 0.0250. The van der Waals surface area contributed by atoms with Crippen LogP contribution >= 0.6 is 0 Å². The Labute approximate surface area is 156 Å². The Bertz CT molecular complexity index is 859. The van der Waals surface area contributed by atoms with Gasteiger partial charge in [-0.15, -0.1) is 0 Å². The number of benzene rings is 2. The first-order valence-electron chi connectivity index (χ1n) is 8.46. The van der Waals surface area contributed by atoms with Crippen molar-refractivity contribution in [3.05, 3.63) is 53.6 Å². The highest BCUT2D eigenvalue weighted by molar-refractivity contribution is 5.96. The van der Waals surface area contributed by atoms with Crippen molar-refractivity contribution in [3.63, 3.8) is 0 Å². The number of esters is 1. The van der Waals surface area contributed by atoms with Crippen molar-refractivity contribution in [2.24, 2.45) is 0 Å². The van der Waals surface area contributed by atoms with E-state index in [0.717, 1.165) is 0 Å². The number of ether oxygens (including phenoxy) is 3. The van der Waals surface area contributed by atoms with Crippen LogP contribution < -0.4 is 14.8 Å². The zero-order valence-corrected chi connectivity index (χ0v) is 14.8. The van der Waals surface area contributed by atoms with E-state index in [2.05, 4.69) is 5.32 Å². The molecule has 0 saturated carbocycles. The number of ketones is 1. The first kappa shape index (κ1) is 18.4. The molecule has 0 aliphatic carbocycles. The molecule has 2 aromatic carbocycles. The largest absolute Gasteiger partial charge is 0.486 e. The molecule has 7 nitrogen and oxygen atoms in total. The predicted molar refractivity (Wildman–Crippen MR) is 97.2 cm³/mol. The van der Waals surface area contributed by atoms with E-state index >= 15 is 0 Å². The van der Waals surface area contributed by atoms with Gasteiger partial charge in [0.2, 0.25) is 0 Å². The topological polar surface area (TPSA) is 90.9 Å². The van der Waals surface area contributed by atoms with E-state index in [9.17, 15) is 14.4 Å². The molecule has 7 heteroatoms.